The lowest BCUT2D eigenvalue weighted by atomic mass is 9.90. The summed E-state index contributed by atoms with van der Waals surface area (Å²) in [6.45, 7) is 0. The number of benzene rings is 6. The van der Waals surface area contributed by atoms with Crippen molar-refractivity contribution in [2.75, 3.05) is 0 Å². The third-order valence-corrected chi connectivity index (χ3v) is 9.31. The maximum atomic E-state index is 6.45. The zero-order chi connectivity index (χ0) is 32.6. The maximum absolute atomic E-state index is 6.45. The second kappa shape index (κ2) is 12.3. The lowest BCUT2D eigenvalue weighted by molar-refractivity contribution is 0.669. The van der Waals surface area contributed by atoms with E-state index in [-0.39, 0.29) is 0 Å². The first kappa shape index (κ1) is 28.8. The topological polar surface area (TPSA) is 51.8 Å². The van der Waals surface area contributed by atoms with E-state index in [9.17, 15) is 0 Å². The third kappa shape index (κ3) is 5.53. The van der Waals surface area contributed by atoms with E-state index in [4.69, 9.17) is 19.4 Å². The van der Waals surface area contributed by atoms with Gasteiger partial charge in [-0.1, -0.05) is 152 Å². The van der Waals surface area contributed by atoms with Gasteiger partial charge in [0.15, 0.2) is 17.5 Å². The summed E-state index contributed by atoms with van der Waals surface area (Å²) in [6, 6.07) is 52.4. The highest BCUT2D eigenvalue weighted by Crippen LogP contribution is 2.38. The summed E-state index contributed by atoms with van der Waals surface area (Å²) in [5.41, 5.74) is 10.4. The Labute approximate surface area is 284 Å². The summed E-state index contributed by atoms with van der Waals surface area (Å²) in [5.74, 6) is 2.23. The molecule has 0 fully saturated rings. The molecule has 0 bridgehead atoms. The highest BCUT2D eigenvalue weighted by atomic mass is 16.3. The minimum Gasteiger partial charge on any atom is -0.456 e. The molecule has 1 atom stereocenters. The summed E-state index contributed by atoms with van der Waals surface area (Å²) in [7, 11) is 0. The standard InChI is InChI=1S/C45H31N3O/c1-4-11-30(12-5-1)32-19-23-35(24-20-32)43-46-44(36-25-21-33(22-26-36)31-13-6-2-7-14-31)48-45(47-43)37-27-28-39-41(29-37)49-40-18-10-17-38(42(39)40)34-15-8-3-9-16-34/h1-21,23-29,33H,22H2. The predicted molar refractivity (Wildman–Crippen MR) is 200 cm³/mol. The van der Waals surface area contributed by atoms with E-state index in [1.807, 2.05) is 18.2 Å². The van der Waals surface area contributed by atoms with Crippen molar-refractivity contribution in [3.05, 3.63) is 181 Å². The van der Waals surface area contributed by atoms with Crippen molar-refractivity contribution in [2.24, 2.45) is 0 Å². The molecule has 2 heterocycles. The first-order valence-electron chi connectivity index (χ1n) is 16.6. The van der Waals surface area contributed by atoms with Crippen molar-refractivity contribution in [1.29, 1.82) is 0 Å². The smallest absolute Gasteiger partial charge is 0.164 e. The number of rotatable bonds is 6. The second-order valence-corrected chi connectivity index (χ2v) is 12.4. The number of nitrogens with zero attached hydrogens (tertiary/aromatic N) is 3. The van der Waals surface area contributed by atoms with E-state index in [0.717, 1.165) is 61.7 Å². The van der Waals surface area contributed by atoms with E-state index >= 15 is 0 Å². The van der Waals surface area contributed by atoms with Gasteiger partial charge in [0.1, 0.15) is 11.2 Å². The van der Waals surface area contributed by atoms with Gasteiger partial charge >= 0.3 is 0 Å². The first-order chi connectivity index (χ1) is 24.3. The van der Waals surface area contributed by atoms with Gasteiger partial charge in [-0.3, -0.25) is 0 Å². The summed E-state index contributed by atoms with van der Waals surface area (Å²) in [5, 5.41) is 2.17. The number of hydrogen-bond acceptors (Lipinski definition) is 4. The average Bonchev–Trinajstić information content (AvgIpc) is 3.57. The number of furan rings is 1. The van der Waals surface area contributed by atoms with Crippen LogP contribution in [-0.4, -0.2) is 15.0 Å². The average molecular weight is 630 g/mol. The first-order valence-corrected chi connectivity index (χ1v) is 16.6. The second-order valence-electron chi connectivity index (χ2n) is 12.4. The van der Waals surface area contributed by atoms with Crippen molar-refractivity contribution in [1.82, 2.24) is 15.0 Å². The molecule has 49 heavy (non-hydrogen) atoms. The summed E-state index contributed by atoms with van der Waals surface area (Å²) in [6.07, 6.45) is 7.53. The van der Waals surface area contributed by atoms with E-state index in [1.54, 1.807) is 0 Å². The zero-order valence-corrected chi connectivity index (χ0v) is 26.7. The molecule has 4 heteroatoms. The highest BCUT2D eigenvalue weighted by Gasteiger charge is 2.19. The molecule has 232 valence electrons. The van der Waals surface area contributed by atoms with Crippen molar-refractivity contribution in [3.8, 4) is 45.0 Å². The Morgan fingerprint density at radius 1 is 0.490 bits per heavy atom. The number of fused-ring (bicyclic) bond motifs is 3. The quantitative estimate of drug-likeness (QED) is 0.184. The van der Waals surface area contributed by atoms with Crippen LogP contribution in [0.2, 0.25) is 0 Å². The van der Waals surface area contributed by atoms with Crippen LogP contribution in [0.4, 0.5) is 0 Å². The van der Waals surface area contributed by atoms with Crippen LogP contribution in [0.5, 0.6) is 0 Å². The predicted octanol–water partition coefficient (Wildman–Crippen LogP) is 11.6. The third-order valence-electron chi connectivity index (χ3n) is 9.31. The van der Waals surface area contributed by atoms with Crippen LogP contribution in [0.15, 0.2) is 174 Å². The molecule has 0 N–H and O–H groups in total. The van der Waals surface area contributed by atoms with Gasteiger partial charge in [-0.2, -0.15) is 0 Å². The maximum Gasteiger partial charge on any atom is 0.164 e. The van der Waals surface area contributed by atoms with E-state index in [1.165, 1.54) is 11.1 Å². The molecular weight excluding hydrogens is 599 g/mol. The Kier molecular flexibility index (Phi) is 7.25. The van der Waals surface area contributed by atoms with Gasteiger partial charge < -0.3 is 4.42 Å². The fraction of sp³-hybridized carbons (Fsp3) is 0.0444. The molecule has 4 nitrogen and oxygen atoms in total. The lowest BCUT2D eigenvalue weighted by Gasteiger charge is -2.17. The molecule has 6 aromatic carbocycles. The fourth-order valence-corrected chi connectivity index (χ4v) is 6.76. The Hall–Kier alpha value is -6.39. The van der Waals surface area contributed by atoms with Gasteiger partial charge in [0.25, 0.3) is 0 Å². The van der Waals surface area contributed by atoms with Gasteiger partial charge in [0, 0.05) is 33.4 Å². The van der Waals surface area contributed by atoms with Crippen LogP contribution in [0.1, 0.15) is 23.7 Å². The Morgan fingerprint density at radius 2 is 1.10 bits per heavy atom. The molecule has 8 aromatic rings. The molecule has 1 aliphatic rings. The van der Waals surface area contributed by atoms with Gasteiger partial charge in [-0.05, 0) is 52.4 Å². The van der Waals surface area contributed by atoms with Crippen LogP contribution < -0.4 is 0 Å². The van der Waals surface area contributed by atoms with E-state index < -0.39 is 0 Å². The number of allylic oxidation sites excluding steroid dienone is 4. The van der Waals surface area contributed by atoms with Crippen molar-refractivity contribution in [2.45, 2.75) is 12.3 Å². The zero-order valence-electron chi connectivity index (χ0n) is 26.7. The van der Waals surface area contributed by atoms with Crippen LogP contribution in [0.25, 0.3) is 72.5 Å². The molecule has 2 aromatic heterocycles. The molecule has 0 radical (unpaired) electrons. The largest absolute Gasteiger partial charge is 0.456 e. The summed E-state index contributed by atoms with van der Waals surface area (Å²) < 4.78 is 6.45. The van der Waals surface area contributed by atoms with Crippen LogP contribution >= 0.6 is 0 Å². The number of hydrogen-bond donors (Lipinski definition) is 0. The van der Waals surface area contributed by atoms with Crippen molar-refractivity contribution < 1.29 is 4.42 Å². The highest BCUT2D eigenvalue weighted by molar-refractivity contribution is 6.13. The Morgan fingerprint density at radius 3 is 1.82 bits per heavy atom. The minimum absolute atomic E-state index is 0.326. The summed E-state index contributed by atoms with van der Waals surface area (Å²) >= 11 is 0. The van der Waals surface area contributed by atoms with Gasteiger partial charge in [-0.15, -0.1) is 0 Å². The Balaban J connectivity index is 1.14. The van der Waals surface area contributed by atoms with Gasteiger partial charge in [0.2, 0.25) is 0 Å². The molecule has 0 aliphatic heterocycles. The fourth-order valence-electron chi connectivity index (χ4n) is 6.76. The monoisotopic (exact) mass is 629 g/mol. The molecule has 0 saturated carbocycles. The molecule has 0 saturated heterocycles. The molecular formula is C45H31N3O. The molecule has 1 aliphatic carbocycles. The minimum atomic E-state index is 0.326. The molecule has 1 unspecified atom stereocenters. The van der Waals surface area contributed by atoms with Crippen LogP contribution in [-0.2, 0) is 0 Å². The molecule has 0 spiro atoms. The van der Waals surface area contributed by atoms with Gasteiger partial charge in [0.05, 0.1) is 0 Å². The van der Waals surface area contributed by atoms with Crippen LogP contribution in [0.3, 0.4) is 0 Å². The van der Waals surface area contributed by atoms with Crippen LogP contribution in [0, 0.1) is 0 Å². The van der Waals surface area contributed by atoms with Crippen molar-refractivity contribution >= 4 is 27.5 Å². The lowest BCUT2D eigenvalue weighted by Crippen LogP contribution is -2.05. The SMILES string of the molecule is C1=CC(c2ccccc2)CC=C1c1nc(-c2ccc(-c3ccccc3)cc2)nc(-c2ccc3c(c2)oc2cccc(-c4ccccc4)c23)n1. The van der Waals surface area contributed by atoms with Gasteiger partial charge in [-0.25, -0.2) is 15.0 Å². The Bertz CT molecular complexity index is 2500. The normalized spacial score (nSPS) is 14.3. The van der Waals surface area contributed by atoms with E-state index in [0.29, 0.717) is 23.4 Å². The van der Waals surface area contributed by atoms with Crippen molar-refractivity contribution in [3.63, 3.8) is 0 Å². The summed E-state index contributed by atoms with van der Waals surface area (Å²) in [4.78, 5) is 15.1. The number of aromatic nitrogens is 3. The van der Waals surface area contributed by atoms with E-state index in [2.05, 4.69) is 152 Å². The molecule has 0 amide bonds. The molecule has 9 rings (SSSR count).